The molecule has 0 saturated heterocycles. The van der Waals surface area contributed by atoms with Crippen molar-refractivity contribution in [3.05, 3.63) is 61.1 Å². The van der Waals surface area contributed by atoms with E-state index in [-0.39, 0.29) is 4.90 Å². The summed E-state index contributed by atoms with van der Waals surface area (Å²) in [6.07, 6.45) is 5.30. The molecule has 0 radical (unpaired) electrons. The largest absolute Gasteiger partial charge is 0.488 e. The third-order valence-electron chi connectivity index (χ3n) is 5.34. The molecule has 1 aromatic carbocycles. The zero-order chi connectivity index (χ0) is 21.6. The molecule has 8 nitrogen and oxygen atoms in total. The molecule has 0 fully saturated rings. The Bertz CT molecular complexity index is 1380. The Kier molecular flexibility index (Phi) is 4.55. The number of sulfonamides is 1. The van der Waals surface area contributed by atoms with E-state index < -0.39 is 10.0 Å². The molecule has 4 heterocycles. The Labute approximate surface area is 180 Å². The van der Waals surface area contributed by atoms with Gasteiger partial charge in [0.2, 0.25) is 0 Å². The molecule has 0 bridgehead atoms. The average molecular weight is 436 g/mol. The van der Waals surface area contributed by atoms with Gasteiger partial charge in [-0.05, 0) is 24.3 Å². The normalized spacial score (nSPS) is 13.7. The van der Waals surface area contributed by atoms with Gasteiger partial charge in [0.25, 0.3) is 10.0 Å². The van der Waals surface area contributed by atoms with Crippen LogP contribution < -0.4 is 14.4 Å². The summed E-state index contributed by atoms with van der Waals surface area (Å²) in [6.45, 7) is 1.37. The first-order valence-electron chi connectivity index (χ1n) is 9.80. The maximum atomic E-state index is 13.0. The molecule has 9 heteroatoms. The van der Waals surface area contributed by atoms with Gasteiger partial charge in [0.05, 0.1) is 22.5 Å². The molecule has 1 N–H and O–H groups in total. The number of fused-ring (bicyclic) bond motifs is 2. The van der Waals surface area contributed by atoms with E-state index in [1.807, 2.05) is 35.8 Å². The Morgan fingerprint density at radius 3 is 2.71 bits per heavy atom. The molecule has 0 amide bonds. The van der Waals surface area contributed by atoms with Gasteiger partial charge in [-0.2, -0.15) is 0 Å². The highest BCUT2D eigenvalue weighted by atomic mass is 32.2. The Hall–Kier alpha value is -3.59. The fourth-order valence-corrected chi connectivity index (χ4v) is 4.88. The van der Waals surface area contributed by atoms with E-state index in [0.717, 1.165) is 23.5 Å². The van der Waals surface area contributed by atoms with Crippen molar-refractivity contribution in [1.82, 2.24) is 14.5 Å². The van der Waals surface area contributed by atoms with Gasteiger partial charge in [0, 0.05) is 43.8 Å². The monoisotopic (exact) mass is 435 g/mol. The molecule has 0 aliphatic carbocycles. The van der Waals surface area contributed by atoms with Gasteiger partial charge < -0.3 is 14.2 Å². The predicted octanol–water partition coefficient (Wildman–Crippen LogP) is 3.26. The van der Waals surface area contributed by atoms with Crippen LogP contribution in [0, 0.1) is 0 Å². The summed E-state index contributed by atoms with van der Waals surface area (Å²) >= 11 is 0. The molecular weight excluding hydrogens is 414 g/mol. The second-order valence-corrected chi connectivity index (χ2v) is 9.13. The fourth-order valence-electron chi connectivity index (χ4n) is 3.79. The summed E-state index contributed by atoms with van der Waals surface area (Å²) in [7, 11) is 0.108. The van der Waals surface area contributed by atoms with Crippen LogP contribution in [0.4, 0.5) is 11.5 Å². The van der Waals surface area contributed by atoms with Crippen LogP contribution in [0.2, 0.25) is 0 Å². The van der Waals surface area contributed by atoms with Crippen LogP contribution >= 0.6 is 0 Å². The van der Waals surface area contributed by atoms with Crippen LogP contribution in [0.15, 0.2) is 66.0 Å². The summed E-state index contributed by atoms with van der Waals surface area (Å²) in [4.78, 5) is 11.3. The molecule has 5 rings (SSSR count). The van der Waals surface area contributed by atoms with Crippen molar-refractivity contribution >= 4 is 32.6 Å². The first-order valence-corrected chi connectivity index (χ1v) is 11.3. The van der Waals surface area contributed by atoms with E-state index in [0.29, 0.717) is 29.1 Å². The lowest BCUT2D eigenvalue weighted by Gasteiger charge is -2.26. The average Bonchev–Trinajstić information content (AvgIpc) is 3.12. The number of ether oxygens (including phenoxy) is 1. The smallest absolute Gasteiger partial charge is 0.261 e. The number of pyridine rings is 2. The minimum absolute atomic E-state index is 0.198. The van der Waals surface area contributed by atoms with Crippen molar-refractivity contribution in [3.63, 3.8) is 0 Å². The molecule has 158 valence electrons. The van der Waals surface area contributed by atoms with E-state index in [2.05, 4.69) is 14.7 Å². The number of aryl methyl sites for hydroxylation is 1. The lowest BCUT2D eigenvalue weighted by atomic mass is 10.1. The molecule has 0 saturated carbocycles. The number of hydrogen-bond acceptors (Lipinski definition) is 6. The minimum atomic E-state index is -3.75. The van der Waals surface area contributed by atoms with Gasteiger partial charge in [-0.15, -0.1) is 0 Å². The second-order valence-electron chi connectivity index (χ2n) is 7.45. The quantitative estimate of drug-likeness (QED) is 0.529. The van der Waals surface area contributed by atoms with Crippen LogP contribution in [0.1, 0.15) is 0 Å². The molecule has 3 aromatic heterocycles. The summed E-state index contributed by atoms with van der Waals surface area (Å²) in [5, 5.41) is 0.704. The topological polar surface area (TPSA) is 89.4 Å². The highest BCUT2D eigenvalue weighted by molar-refractivity contribution is 7.92. The number of anilines is 2. The lowest BCUT2D eigenvalue weighted by molar-refractivity contribution is 0.309. The molecular formula is C22H21N5O3S. The third kappa shape index (κ3) is 3.36. The van der Waals surface area contributed by atoms with Gasteiger partial charge in [0.1, 0.15) is 12.3 Å². The maximum Gasteiger partial charge on any atom is 0.261 e. The van der Waals surface area contributed by atoms with Gasteiger partial charge in [-0.3, -0.25) is 4.72 Å². The summed E-state index contributed by atoms with van der Waals surface area (Å²) < 4.78 is 36.3. The summed E-state index contributed by atoms with van der Waals surface area (Å²) in [5.74, 6) is 1.50. The second kappa shape index (κ2) is 7.28. The van der Waals surface area contributed by atoms with Crippen LogP contribution in [-0.2, 0) is 17.1 Å². The first-order chi connectivity index (χ1) is 14.9. The number of likely N-dealkylation sites (N-methyl/N-ethyl adjacent to an activating group) is 1. The minimum Gasteiger partial charge on any atom is -0.488 e. The molecule has 0 unspecified atom stereocenters. The number of rotatable bonds is 4. The van der Waals surface area contributed by atoms with Gasteiger partial charge >= 0.3 is 0 Å². The maximum absolute atomic E-state index is 13.0. The van der Waals surface area contributed by atoms with Crippen LogP contribution in [0.25, 0.3) is 22.2 Å². The van der Waals surface area contributed by atoms with Crippen molar-refractivity contribution < 1.29 is 13.2 Å². The van der Waals surface area contributed by atoms with E-state index in [1.54, 1.807) is 48.8 Å². The highest BCUT2D eigenvalue weighted by Crippen LogP contribution is 2.38. The molecule has 0 atom stereocenters. The molecule has 1 aliphatic rings. The number of benzene rings is 1. The van der Waals surface area contributed by atoms with Crippen molar-refractivity contribution in [2.24, 2.45) is 7.05 Å². The van der Waals surface area contributed by atoms with Crippen molar-refractivity contribution in [2.45, 2.75) is 4.90 Å². The zero-order valence-corrected chi connectivity index (χ0v) is 17.9. The highest BCUT2D eigenvalue weighted by Gasteiger charge is 2.22. The van der Waals surface area contributed by atoms with Crippen molar-refractivity contribution in [2.75, 3.05) is 29.8 Å². The Morgan fingerprint density at radius 1 is 1.10 bits per heavy atom. The van der Waals surface area contributed by atoms with E-state index in [1.165, 1.54) is 0 Å². The van der Waals surface area contributed by atoms with Gasteiger partial charge in [-0.25, -0.2) is 18.4 Å². The standard InChI is InChI=1S/C22H21N5O3S/c1-26-10-11-30-19-12-15(13-24-21(19)26)17-14-27(2)22-20(17)18(8-9-23-22)25-31(28,29)16-6-4-3-5-7-16/h3-9,12-14H,10-11H2,1-2H3,(H,23,25). The van der Waals surface area contributed by atoms with Crippen molar-refractivity contribution in [1.29, 1.82) is 0 Å². The van der Waals surface area contributed by atoms with Crippen LogP contribution in [0.5, 0.6) is 5.75 Å². The van der Waals surface area contributed by atoms with Gasteiger partial charge in [0.15, 0.2) is 11.6 Å². The van der Waals surface area contributed by atoms with E-state index in [9.17, 15) is 8.42 Å². The Balaban J connectivity index is 1.64. The number of nitrogens with one attached hydrogen (secondary N) is 1. The fraction of sp³-hybridized carbons (Fsp3) is 0.182. The van der Waals surface area contributed by atoms with E-state index in [4.69, 9.17) is 4.74 Å². The lowest BCUT2D eigenvalue weighted by Crippen LogP contribution is -2.29. The predicted molar refractivity (Wildman–Crippen MR) is 120 cm³/mol. The van der Waals surface area contributed by atoms with Gasteiger partial charge in [-0.1, -0.05) is 18.2 Å². The number of nitrogens with zero attached hydrogens (tertiary/aromatic N) is 4. The molecule has 4 aromatic rings. The summed E-state index contributed by atoms with van der Waals surface area (Å²) in [5.41, 5.74) is 2.77. The number of aromatic nitrogens is 3. The SMILES string of the molecule is CN1CCOc2cc(-c3cn(C)c4nccc(NS(=O)(=O)c5ccccc5)c34)cnc21. The number of hydrogen-bond donors (Lipinski definition) is 1. The van der Waals surface area contributed by atoms with E-state index >= 15 is 0 Å². The summed E-state index contributed by atoms with van der Waals surface area (Å²) in [6, 6.07) is 11.9. The third-order valence-corrected chi connectivity index (χ3v) is 6.73. The zero-order valence-electron chi connectivity index (χ0n) is 17.1. The molecule has 31 heavy (non-hydrogen) atoms. The van der Waals surface area contributed by atoms with Crippen LogP contribution in [0.3, 0.4) is 0 Å². The molecule has 1 aliphatic heterocycles. The van der Waals surface area contributed by atoms with Crippen molar-refractivity contribution in [3.8, 4) is 16.9 Å². The molecule has 0 spiro atoms. The Morgan fingerprint density at radius 2 is 1.90 bits per heavy atom. The van der Waals surface area contributed by atoms with Crippen LogP contribution in [-0.4, -0.2) is 43.2 Å². The first kappa shape index (κ1) is 19.4.